The van der Waals surface area contributed by atoms with Gasteiger partial charge in [-0.1, -0.05) is 5.21 Å². The van der Waals surface area contributed by atoms with Gasteiger partial charge in [-0.15, -0.1) is 29.9 Å². The van der Waals surface area contributed by atoms with E-state index in [-0.39, 0.29) is 24.8 Å². The predicted molar refractivity (Wildman–Crippen MR) is 68.4 cm³/mol. The van der Waals surface area contributed by atoms with Crippen molar-refractivity contribution >= 4 is 47.4 Å². The molecule has 1 atom stereocenters. The number of hydrogen-bond acceptors (Lipinski definition) is 3. The van der Waals surface area contributed by atoms with E-state index in [1.165, 1.54) is 12.8 Å². The molecule has 1 N–H and O–H groups in total. The summed E-state index contributed by atoms with van der Waals surface area (Å²) in [5, 5.41) is 11.3. The second-order valence-electron chi connectivity index (χ2n) is 3.00. The first-order valence-corrected chi connectivity index (χ1v) is 5.22. The van der Waals surface area contributed by atoms with Gasteiger partial charge in [-0.05, 0) is 42.0 Å². The molecule has 1 aliphatic rings. The number of piperidine rings is 1. The van der Waals surface area contributed by atoms with Gasteiger partial charge in [0.05, 0.1) is 12.2 Å². The van der Waals surface area contributed by atoms with E-state index in [9.17, 15) is 0 Å². The molecule has 14 heavy (non-hydrogen) atoms. The average Bonchev–Trinajstić information content (AvgIpc) is 2.53. The van der Waals surface area contributed by atoms with Crippen LogP contribution in [0.15, 0.2) is 6.20 Å². The monoisotopic (exact) mass is 350 g/mol. The van der Waals surface area contributed by atoms with Gasteiger partial charge >= 0.3 is 0 Å². The summed E-state index contributed by atoms with van der Waals surface area (Å²) >= 11 is 2.27. The predicted octanol–water partition coefficient (Wildman–Crippen LogP) is 1.65. The standard InChI is InChI=1S/C7H11IN4.2ClH/c8-7-5-10-11-12(7)6-2-1-3-9-4-6;;/h5-6,9H,1-4H2;2*1H. The Bertz CT molecular complexity index is 262. The molecule has 0 bridgehead atoms. The van der Waals surface area contributed by atoms with E-state index in [4.69, 9.17) is 0 Å². The van der Waals surface area contributed by atoms with Crippen molar-refractivity contribution in [2.24, 2.45) is 0 Å². The van der Waals surface area contributed by atoms with Gasteiger partial charge < -0.3 is 5.32 Å². The second kappa shape index (κ2) is 6.81. The van der Waals surface area contributed by atoms with Crippen molar-refractivity contribution in [3.63, 3.8) is 0 Å². The summed E-state index contributed by atoms with van der Waals surface area (Å²) in [6.45, 7) is 2.17. The van der Waals surface area contributed by atoms with E-state index in [2.05, 4.69) is 38.2 Å². The third kappa shape index (κ3) is 3.22. The highest BCUT2D eigenvalue weighted by molar-refractivity contribution is 14.1. The van der Waals surface area contributed by atoms with E-state index in [0.29, 0.717) is 6.04 Å². The third-order valence-corrected chi connectivity index (χ3v) is 2.92. The summed E-state index contributed by atoms with van der Waals surface area (Å²) in [7, 11) is 0. The number of halogens is 3. The molecule has 1 saturated heterocycles. The van der Waals surface area contributed by atoms with Crippen LogP contribution in [0.3, 0.4) is 0 Å². The SMILES string of the molecule is Cl.Cl.Ic1cnnn1C1CCCNC1. The van der Waals surface area contributed by atoms with Crippen molar-refractivity contribution in [2.75, 3.05) is 13.1 Å². The van der Waals surface area contributed by atoms with Crippen LogP contribution < -0.4 is 5.32 Å². The molecule has 0 amide bonds. The molecule has 1 aromatic heterocycles. The van der Waals surface area contributed by atoms with Crippen molar-refractivity contribution in [2.45, 2.75) is 18.9 Å². The zero-order valence-corrected chi connectivity index (χ0v) is 11.3. The number of rotatable bonds is 1. The number of hydrogen-bond donors (Lipinski definition) is 1. The van der Waals surface area contributed by atoms with Gasteiger partial charge in [0, 0.05) is 6.54 Å². The molecule has 0 radical (unpaired) electrons. The molecule has 1 aliphatic heterocycles. The minimum absolute atomic E-state index is 0. The van der Waals surface area contributed by atoms with Crippen LogP contribution in [0.5, 0.6) is 0 Å². The normalized spacial score (nSPS) is 20.8. The highest BCUT2D eigenvalue weighted by Gasteiger charge is 2.17. The maximum absolute atomic E-state index is 4.06. The Morgan fingerprint density at radius 1 is 1.50 bits per heavy atom. The fraction of sp³-hybridized carbons (Fsp3) is 0.714. The van der Waals surface area contributed by atoms with Gasteiger partial charge in [-0.25, -0.2) is 4.68 Å². The molecule has 82 valence electrons. The second-order valence-corrected chi connectivity index (χ2v) is 4.11. The molecule has 2 rings (SSSR count). The zero-order valence-electron chi connectivity index (χ0n) is 7.52. The molecule has 1 fully saturated rings. The topological polar surface area (TPSA) is 42.7 Å². The maximum atomic E-state index is 4.06. The van der Waals surface area contributed by atoms with Crippen LogP contribution in [-0.4, -0.2) is 28.1 Å². The van der Waals surface area contributed by atoms with Gasteiger partial charge in [-0.3, -0.25) is 0 Å². The summed E-state index contributed by atoms with van der Waals surface area (Å²) in [5.41, 5.74) is 0. The zero-order chi connectivity index (χ0) is 8.39. The Morgan fingerprint density at radius 2 is 2.29 bits per heavy atom. The Kier molecular flexibility index (Phi) is 7.01. The van der Waals surface area contributed by atoms with Crippen molar-refractivity contribution in [1.82, 2.24) is 20.3 Å². The van der Waals surface area contributed by atoms with Gasteiger partial charge in [0.1, 0.15) is 3.70 Å². The minimum Gasteiger partial charge on any atom is -0.315 e. The van der Waals surface area contributed by atoms with E-state index in [1.54, 1.807) is 6.20 Å². The lowest BCUT2D eigenvalue weighted by Gasteiger charge is -2.22. The molecule has 0 aromatic carbocycles. The molecule has 0 aliphatic carbocycles. The lowest BCUT2D eigenvalue weighted by molar-refractivity contribution is 0.336. The third-order valence-electron chi connectivity index (χ3n) is 2.15. The fourth-order valence-electron chi connectivity index (χ4n) is 1.52. The molecule has 2 heterocycles. The highest BCUT2D eigenvalue weighted by Crippen LogP contribution is 2.17. The van der Waals surface area contributed by atoms with Crippen molar-refractivity contribution in [3.05, 3.63) is 9.90 Å². The van der Waals surface area contributed by atoms with Gasteiger partial charge in [0.25, 0.3) is 0 Å². The summed E-state index contributed by atoms with van der Waals surface area (Å²) in [5.74, 6) is 0. The number of aromatic nitrogens is 3. The molecular weight excluding hydrogens is 338 g/mol. The van der Waals surface area contributed by atoms with E-state index >= 15 is 0 Å². The Morgan fingerprint density at radius 3 is 2.79 bits per heavy atom. The lowest BCUT2D eigenvalue weighted by Crippen LogP contribution is -2.32. The van der Waals surface area contributed by atoms with E-state index < -0.39 is 0 Å². The largest absolute Gasteiger partial charge is 0.315 e. The van der Waals surface area contributed by atoms with Crippen molar-refractivity contribution in [1.29, 1.82) is 0 Å². The van der Waals surface area contributed by atoms with Crippen LogP contribution in [0, 0.1) is 3.70 Å². The summed E-state index contributed by atoms with van der Waals surface area (Å²) in [6.07, 6.45) is 4.25. The van der Waals surface area contributed by atoms with E-state index in [1.807, 2.05) is 4.68 Å². The van der Waals surface area contributed by atoms with Gasteiger partial charge in [-0.2, -0.15) is 0 Å². The molecular formula is C7H13Cl2IN4. The smallest absolute Gasteiger partial charge is 0.119 e. The van der Waals surface area contributed by atoms with Crippen LogP contribution in [0.1, 0.15) is 18.9 Å². The van der Waals surface area contributed by atoms with Crippen LogP contribution in [0.25, 0.3) is 0 Å². The fourth-order valence-corrected chi connectivity index (χ4v) is 2.14. The Labute approximate surface area is 109 Å². The van der Waals surface area contributed by atoms with Gasteiger partial charge in [0.2, 0.25) is 0 Å². The molecule has 1 unspecified atom stereocenters. The first kappa shape index (κ1) is 14.4. The van der Waals surface area contributed by atoms with Crippen molar-refractivity contribution in [3.8, 4) is 0 Å². The first-order chi connectivity index (χ1) is 5.88. The van der Waals surface area contributed by atoms with Crippen molar-refractivity contribution < 1.29 is 0 Å². The maximum Gasteiger partial charge on any atom is 0.119 e. The number of nitrogens with zero attached hydrogens (tertiary/aromatic N) is 3. The molecule has 0 spiro atoms. The van der Waals surface area contributed by atoms with Gasteiger partial charge in [0.15, 0.2) is 0 Å². The summed E-state index contributed by atoms with van der Waals surface area (Å²) in [4.78, 5) is 0. The molecule has 1 aromatic rings. The van der Waals surface area contributed by atoms with Crippen LogP contribution >= 0.6 is 47.4 Å². The average molecular weight is 351 g/mol. The molecule has 7 heteroatoms. The minimum atomic E-state index is 0. The summed E-state index contributed by atoms with van der Waals surface area (Å²) < 4.78 is 3.13. The summed E-state index contributed by atoms with van der Waals surface area (Å²) in [6, 6.07) is 0.508. The van der Waals surface area contributed by atoms with Crippen LogP contribution in [0.2, 0.25) is 0 Å². The first-order valence-electron chi connectivity index (χ1n) is 4.14. The highest BCUT2D eigenvalue weighted by atomic mass is 127. The van der Waals surface area contributed by atoms with E-state index in [0.717, 1.165) is 16.8 Å². The molecule has 4 nitrogen and oxygen atoms in total. The molecule has 0 saturated carbocycles. The Balaban J connectivity index is 0.000000845. The Hall–Kier alpha value is 0.410. The van der Waals surface area contributed by atoms with Crippen LogP contribution in [0.4, 0.5) is 0 Å². The quantitative estimate of drug-likeness (QED) is 0.783. The lowest BCUT2D eigenvalue weighted by atomic mass is 10.1. The number of nitrogens with one attached hydrogen (secondary N) is 1. The van der Waals surface area contributed by atoms with Crippen LogP contribution in [-0.2, 0) is 0 Å².